The van der Waals surface area contributed by atoms with Gasteiger partial charge in [-0.2, -0.15) is 5.10 Å². The number of hydrogen-bond donors (Lipinski definition) is 2. The molecule has 7 nitrogen and oxygen atoms in total. The summed E-state index contributed by atoms with van der Waals surface area (Å²) in [6, 6.07) is 1.77. The van der Waals surface area contributed by atoms with Crippen LogP contribution in [0.15, 0.2) is 24.7 Å². The Hall–Kier alpha value is -2.70. The van der Waals surface area contributed by atoms with Crippen LogP contribution in [0.2, 0.25) is 0 Å². The van der Waals surface area contributed by atoms with Crippen LogP contribution in [0.3, 0.4) is 0 Å². The predicted molar refractivity (Wildman–Crippen MR) is 66.8 cm³/mol. The van der Waals surface area contributed by atoms with Gasteiger partial charge in [-0.25, -0.2) is 9.67 Å². The van der Waals surface area contributed by atoms with Crippen LogP contribution < -0.4 is 10.6 Å². The molecule has 0 unspecified atom stereocenters. The normalized spacial score (nSPS) is 9.83. The van der Waals surface area contributed by atoms with Gasteiger partial charge in [0.2, 0.25) is 12.8 Å². The summed E-state index contributed by atoms with van der Waals surface area (Å²) in [7, 11) is 1.72. The molecule has 2 rings (SSSR count). The number of nitrogens with one attached hydrogen (secondary N) is 2. The van der Waals surface area contributed by atoms with Crippen molar-refractivity contribution < 1.29 is 9.59 Å². The Kier molecular flexibility index (Phi) is 3.33. The molecule has 0 saturated carbocycles. The van der Waals surface area contributed by atoms with E-state index in [0.717, 1.165) is 11.1 Å². The van der Waals surface area contributed by atoms with Gasteiger partial charge in [0.25, 0.3) is 0 Å². The van der Waals surface area contributed by atoms with Crippen molar-refractivity contribution in [3.63, 3.8) is 0 Å². The lowest BCUT2D eigenvalue weighted by atomic mass is 10.1. The monoisotopic (exact) mass is 245 g/mol. The molecular weight excluding hydrogens is 234 g/mol. The number of amides is 1. The Labute approximate surface area is 103 Å². The zero-order valence-corrected chi connectivity index (χ0v) is 9.62. The standard InChI is InChI=1S/C11H11N5O2/c1-12-10-9(2-3-13-11(10)14-6-17)8-4-15-16(5-8)7-18/h2-7,12H,1H3,(H,13,14,17). The maximum atomic E-state index is 10.6. The van der Waals surface area contributed by atoms with Gasteiger partial charge in [-0.1, -0.05) is 0 Å². The summed E-state index contributed by atoms with van der Waals surface area (Å²) in [5.41, 5.74) is 2.21. The molecule has 92 valence electrons. The third kappa shape index (κ3) is 2.05. The first kappa shape index (κ1) is 11.8. The summed E-state index contributed by atoms with van der Waals surface area (Å²) in [4.78, 5) is 25.1. The fourth-order valence-electron chi connectivity index (χ4n) is 1.66. The van der Waals surface area contributed by atoms with Crippen LogP contribution >= 0.6 is 0 Å². The van der Waals surface area contributed by atoms with Crippen molar-refractivity contribution in [1.29, 1.82) is 0 Å². The van der Waals surface area contributed by atoms with E-state index in [0.29, 0.717) is 24.3 Å². The van der Waals surface area contributed by atoms with Crippen LogP contribution in [0.1, 0.15) is 0 Å². The highest BCUT2D eigenvalue weighted by molar-refractivity contribution is 5.88. The SMILES string of the molecule is CNc1c(-c2cnn(C=O)c2)ccnc1NC=O. The van der Waals surface area contributed by atoms with Crippen LogP contribution in [0.25, 0.3) is 11.1 Å². The molecule has 0 spiro atoms. The van der Waals surface area contributed by atoms with E-state index < -0.39 is 0 Å². The lowest BCUT2D eigenvalue weighted by molar-refractivity contribution is -0.105. The molecule has 0 aromatic carbocycles. The van der Waals surface area contributed by atoms with Gasteiger partial charge in [-0.15, -0.1) is 0 Å². The number of pyridine rings is 1. The number of carbonyl (C=O) groups excluding carboxylic acids is 2. The van der Waals surface area contributed by atoms with E-state index in [-0.39, 0.29) is 0 Å². The molecule has 0 aliphatic heterocycles. The summed E-state index contributed by atoms with van der Waals surface area (Å²) >= 11 is 0. The van der Waals surface area contributed by atoms with E-state index in [1.165, 1.54) is 4.68 Å². The Bertz CT molecular complexity index is 579. The second kappa shape index (κ2) is 5.09. The Morgan fingerprint density at radius 3 is 2.83 bits per heavy atom. The Morgan fingerprint density at radius 1 is 1.39 bits per heavy atom. The topological polar surface area (TPSA) is 88.9 Å². The van der Waals surface area contributed by atoms with E-state index in [4.69, 9.17) is 0 Å². The number of aromatic nitrogens is 3. The highest BCUT2D eigenvalue weighted by atomic mass is 16.1. The minimum absolute atomic E-state index is 0.420. The molecular formula is C11H11N5O2. The van der Waals surface area contributed by atoms with E-state index >= 15 is 0 Å². The predicted octanol–water partition coefficient (Wildman–Crippen LogP) is 0.593. The van der Waals surface area contributed by atoms with Crippen LogP contribution in [0.4, 0.5) is 11.5 Å². The lowest BCUT2D eigenvalue weighted by Crippen LogP contribution is -2.03. The summed E-state index contributed by atoms with van der Waals surface area (Å²) in [5, 5.41) is 9.35. The second-order valence-corrected chi connectivity index (χ2v) is 3.41. The maximum Gasteiger partial charge on any atom is 0.234 e. The molecule has 1 amide bonds. The average molecular weight is 245 g/mol. The van der Waals surface area contributed by atoms with Crippen molar-refractivity contribution in [2.24, 2.45) is 0 Å². The molecule has 0 radical (unpaired) electrons. The second-order valence-electron chi connectivity index (χ2n) is 3.41. The number of carbonyl (C=O) groups is 2. The molecule has 2 N–H and O–H groups in total. The molecule has 7 heteroatoms. The fourth-order valence-corrected chi connectivity index (χ4v) is 1.66. The van der Waals surface area contributed by atoms with Gasteiger partial charge in [0.1, 0.15) is 0 Å². The van der Waals surface area contributed by atoms with Gasteiger partial charge in [-0.3, -0.25) is 9.59 Å². The summed E-state index contributed by atoms with van der Waals surface area (Å²) in [5.74, 6) is 0.420. The van der Waals surface area contributed by atoms with Gasteiger partial charge in [-0.05, 0) is 6.07 Å². The zero-order valence-electron chi connectivity index (χ0n) is 9.62. The first-order valence-electron chi connectivity index (χ1n) is 5.17. The highest BCUT2D eigenvalue weighted by Crippen LogP contribution is 2.31. The van der Waals surface area contributed by atoms with Crippen molar-refractivity contribution in [3.8, 4) is 11.1 Å². The maximum absolute atomic E-state index is 10.6. The average Bonchev–Trinajstić information content (AvgIpc) is 2.87. The Balaban J connectivity index is 2.52. The first-order valence-corrected chi connectivity index (χ1v) is 5.17. The van der Waals surface area contributed by atoms with Crippen LogP contribution in [0, 0.1) is 0 Å². The minimum Gasteiger partial charge on any atom is -0.385 e. The summed E-state index contributed by atoms with van der Waals surface area (Å²) < 4.78 is 1.17. The molecule has 0 fully saturated rings. The lowest BCUT2D eigenvalue weighted by Gasteiger charge is -2.11. The van der Waals surface area contributed by atoms with Crippen molar-refractivity contribution in [3.05, 3.63) is 24.7 Å². The molecule has 0 atom stereocenters. The molecule has 2 aromatic rings. The van der Waals surface area contributed by atoms with Gasteiger partial charge in [0.15, 0.2) is 5.82 Å². The van der Waals surface area contributed by atoms with Gasteiger partial charge < -0.3 is 10.6 Å². The number of anilines is 2. The minimum atomic E-state index is 0.420. The number of nitrogens with zero attached hydrogens (tertiary/aromatic N) is 3. The van der Waals surface area contributed by atoms with E-state index in [1.54, 1.807) is 31.7 Å². The van der Waals surface area contributed by atoms with Gasteiger partial charge in [0.05, 0.1) is 11.9 Å². The van der Waals surface area contributed by atoms with E-state index in [2.05, 4.69) is 20.7 Å². The first-order chi connectivity index (χ1) is 8.80. The third-order valence-corrected chi connectivity index (χ3v) is 2.42. The van der Waals surface area contributed by atoms with Crippen molar-refractivity contribution >= 4 is 24.3 Å². The van der Waals surface area contributed by atoms with E-state index in [9.17, 15) is 9.59 Å². The van der Waals surface area contributed by atoms with Crippen LogP contribution in [0.5, 0.6) is 0 Å². The van der Waals surface area contributed by atoms with E-state index in [1.807, 2.05) is 0 Å². The van der Waals surface area contributed by atoms with Gasteiger partial charge >= 0.3 is 0 Å². The Morgan fingerprint density at radius 2 is 2.22 bits per heavy atom. The van der Waals surface area contributed by atoms with Crippen LogP contribution in [-0.4, -0.2) is 34.6 Å². The molecule has 2 heterocycles. The van der Waals surface area contributed by atoms with Crippen molar-refractivity contribution in [2.75, 3.05) is 17.7 Å². The largest absolute Gasteiger partial charge is 0.385 e. The summed E-state index contributed by atoms with van der Waals surface area (Å²) in [6.45, 7) is 0. The van der Waals surface area contributed by atoms with Crippen molar-refractivity contribution in [1.82, 2.24) is 14.8 Å². The highest BCUT2D eigenvalue weighted by Gasteiger charge is 2.11. The molecule has 0 saturated heterocycles. The molecule has 0 bridgehead atoms. The fraction of sp³-hybridized carbons (Fsp3) is 0.0909. The number of rotatable bonds is 5. The molecule has 0 aliphatic rings. The quantitative estimate of drug-likeness (QED) is 0.753. The zero-order chi connectivity index (χ0) is 13.0. The van der Waals surface area contributed by atoms with Crippen LogP contribution in [-0.2, 0) is 9.59 Å². The third-order valence-electron chi connectivity index (χ3n) is 2.42. The van der Waals surface area contributed by atoms with Gasteiger partial charge in [0, 0.05) is 30.6 Å². The molecule has 0 aliphatic carbocycles. The smallest absolute Gasteiger partial charge is 0.234 e. The molecule has 2 aromatic heterocycles. The summed E-state index contributed by atoms with van der Waals surface area (Å²) in [6.07, 6.45) is 5.89. The number of hydrogen-bond acceptors (Lipinski definition) is 5. The molecule has 18 heavy (non-hydrogen) atoms. The van der Waals surface area contributed by atoms with Crippen molar-refractivity contribution in [2.45, 2.75) is 0 Å².